The van der Waals surface area contributed by atoms with Gasteiger partial charge in [0.25, 0.3) is 5.91 Å². The van der Waals surface area contributed by atoms with Gasteiger partial charge in [-0.1, -0.05) is 38.1 Å². The Morgan fingerprint density at radius 1 is 0.658 bits per heavy atom. The van der Waals surface area contributed by atoms with E-state index in [1.165, 1.54) is 30.3 Å². The zero-order chi connectivity index (χ0) is 28.4. The summed E-state index contributed by atoms with van der Waals surface area (Å²) in [5.41, 5.74) is -3.51. The molecule has 0 saturated heterocycles. The molecule has 3 aromatic rings. The molecule has 202 valence electrons. The maximum absolute atomic E-state index is 14.0. The lowest BCUT2D eigenvalue weighted by Crippen LogP contribution is -2.16. The number of halogens is 6. The van der Waals surface area contributed by atoms with Crippen molar-refractivity contribution in [3.8, 4) is 11.1 Å². The van der Waals surface area contributed by atoms with Gasteiger partial charge in [0, 0.05) is 34.5 Å². The third kappa shape index (κ3) is 6.73. The number of alkyl halides is 6. The summed E-state index contributed by atoms with van der Waals surface area (Å²) in [7, 11) is 0. The lowest BCUT2D eigenvalue weighted by atomic mass is 9.93. The number of hydrogen-bond donors (Lipinski definition) is 2. The molecule has 10 heteroatoms. The number of amides is 1. The van der Waals surface area contributed by atoms with Crippen LogP contribution in [0.25, 0.3) is 11.1 Å². The molecule has 0 saturated carbocycles. The van der Waals surface area contributed by atoms with Gasteiger partial charge < -0.3 is 10.6 Å². The smallest absolute Gasteiger partial charge is 0.383 e. The van der Waals surface area contributed by atoms with Crippen molar-refractivity contribution < 1.29 is 35.9 Å². The molecule has 0 aliphatic heterocycles. The second kappa shape index (κ2) is 10.9. The lowest BCUT2D eigenvalue weighted by Gasteiger charge is -2.20. The fraction of sp³-hybridized carbons (Fsp3) is 0.286. The molecule has 0 fully saturated rings. The summed E-state index contributed by atoms with van der Waals surface area (Å²) in [6.45, 7) is 6.88. The molecular formula is C28H26F6N2O2. The van der Waals surface area contributed by atoms with Gasteiger partial charge in [0.1, 0.15) is 0 Å². The second-order valence-electron chi connectivity index (χ2n) is 9.37. The Kier molecular flexibility index (Phi) is 8.24. The van der Waals surface area contributed by atoms with E-state index in [1.807, 2.05) is 0 Å². The molecule has 0 heterocycles. The molecule has 0 aliphatic rings. The summed E-state index contributed by atoms with van der Waals surface area (Å²) >= 11 is 0. The molecule has 38 heavy (non-hydrogen) atoms. The topological polar surface area (TPSA) is 58.2 Å². The lowest BCUT2D eigenvalue weighted by molar-refractivity contribution is -0.139. The molecule has 0 bridgehead atoms. The molecular weight excluding hydrogens is 510 g/mol. The zero-order valence-corrected chi connectivity index (χ0v) is 21.0. The Bertz CT molecular complexity index is 1330. The largest absolute Gasteiger partial charge is 0.417 e. The van der Waals surface area contributed by atoms with Crippen LogP contribution in [0.2, 0.25) is 0 Å². The van der Waals surface area contributed by atoms with Crippen LogP contribution in [0, 0.1) is 5.92 Å². The Labute approximate surface area is 216 Å². The Morgan fingerprint density at radius 2 is 1.11 bits per heavy atom. The number of hydrogen-bond acceptors (Lipinski definition) is 3. The highest BCUT2D eigenvalue weighted by atomic mass is 19.4. The predicted octanol–water partition coefficient (Wildman–Crippen LogP) is 8.30. The van der Waals surface area contributed by atoms with Crippen molar-refractivity contribution >= 4 is 23.1 Å². The van der Waals surface area contributed by atoms with Gasteiger partial charge in [0.2, 0.25) is 0 Å². The van der Waals surface area contributed by atoms with Gasteiger partial charge >= 0.3 is 12.4 Å². The molecule has 2 N–H and O–H groups in total. The SMILES string of the molecule is CC(C)Nc1ccc(-c2ccc(NC(=O)c3ccc(C(=O)C(C)C)cc3)cc2C(F)(F)F)c(C(F)(F)F)c1. The van der Waals surface area contributed by atoms with Gasteiger partial charge in [-0.05, 0) is 61.4 Å². The van der Waals surface area contributed by atoms with Crippen LogP contribution in [-0.4, -0.2) is 17.7 Å². The first kappa shape index (κ1) is 28.7. The van der Waals surface area contributed by atoms with Crippen molar-refractivity contribution in [1.29, 1.82) is 0 Å². The molecule has 3 aromatic carbocycles. The summed E-state index contributed by atoms with van der Waals surface area (Å²) in [6.07, 6.45) is -9.92. The van der Waals surface area contributed by atoms with E-state index in [-0.39, 0.29) is 34.7 Å². The second-order valence-corrected chi connectivity index (χ2v) is 9.37. The van der Waals surface area contributed by atoms with Crippen LogP contribution < -0.4 is 10.6 Å². The highest BCUT2D eigenvalue weighted by Gasteiger charge is 2.39. The first-order chi connectivity index (χ1) is 17.6. The van der Waals surface area contributed by atoms with E-state index in [4.69, 9.17) is 0 Å². The van der Waals surface area contributed by atoms with Gasteiger partial charge in [-0.2, -0.15) is 26.3 Å². The number of carbonyl (C=O) groups excluding carboxylic acids is 2. The van der Waals surface area contributed by atoms with Crippen molar-refractivity contribution in [2.75, 3.05) is 10.6 Å². The average molecular weight is 537 g/mol. The van der Waals surface area contributed by atoms with E-state index in [9.17, 15) is 35.9 Å². The van der Waals surface area contributed by atoms with Gasteiger partial charge in [0.15, 0.2) is 5.78 Å². The summed E-state index contributed by atoms with van der Waals surface area (Å²) in [5.74, 6) is -1.13. The highest BCUT2D eigenvalue weighted by Crippen LogP contribution is 2.44. The number of carbonyl (C=O) groups is 2. The number of benzene rings is 3. The molecule has 0 aliphatic carbocycles. The van der Waals surface area contributed by atoms with Crippen LogP contribution >= 0.6 is 0 Å². The van der Waals surface area contributed by atoms with Gasteiger partial charge in [0.05, 0.1) is 11.1 Å². The fourth-order valence-electron chi connectivity index (χ4n) is 3.85. The Morgan fingerprint density at radius 3 is 1.55 bits per heavy atom. The quantitative estimate of drug-likeness (QED) is 0.236. The maximum atomic E-state index is 14.0. The van der Waals surface area contributed by atoms with E-state index in [0.29, 0.717) is 11.6 Å². The van der Waals surface area contributed by atoms with E-state index < -0.39 is 40.5 Å². The summed E-state index contributed by atoms with van der Waals surface area (Å²) in [6, 6.07) is 11.1. The third-order valence-corrected chi connectivity index (χ3v) is 5.61. The fourth-order valence-corrected chi connectivity index (χ4v) is 3.85. The van der Waals surface area contributed by atoms with Gasteiger partial charge in [-0.25, -0.2) is 0 Å². The number of nitrogens with one attached hydrogen (secondary N) is 2. The number of rotatable bonds is 7. The number of Topliss-reactive ketones (excluding diaryl/α,β-unsaturated/α-hetero) is 1. The van der Waals surface area contributed by atoms with Gasteiger partial charge in [-0.15, -0.1) is 0 Å². The molecule has 1 amide bonds. The standard InChI is InChI=1S/C28H26F6N2O2/c1-15(2)25(37)17-5-7-18(8-6-17)26(38)36-20-10-12-22(24(14-20)28(32,33)34)21-11-9-19(35-16(3)4)13-23(21)27(29,30)31/h5-16,35H,1-4H3,(H,36,38). The van der Waals surface area contributed by atoms with Crippen molar-refractivity contribution in [1.82, 2.24) is 0 Å². The monoisotopic (exact) mass is 536 g/mol. The Hall–Kier alpha value is -3.82. The molecule has 0 radical (unpaired) electrons. The average Bonchev–Trinajstić information content (AvgIpc) is 2.82. The van der Waals surface area contributed by atoms with Crippen molar-refractivity contribution in [2.45, 2.75) is 46.1 Å². The molecule has 3 rings (SSSR count). The van der Waals surface area contributed by atoms with Crippen LogP contribution in [0.5, 0.6) is 0 Å². The summed E-state index contributed by atoms with van der Waals surface area (Å²) in [4.78, 5) is 24.7. The van der Waals surface area contributed by atoms with E-state index in [0.717, 1.165) is 24.3 Å². The molecule has 0 atom stereocenters. The number of ketones is 1. The van der Waals surface area contributed by atoms with Crippen LogP contribution in [-0.2, 0) is 12.4 Å². The molecule has 0 spiro atoms. The van der Waals surface area contributed by atoms with Crippen LogP contribution in [0.3, 0.4) is 0 Å². The third-order valence-electron chi connectivity index (χ3n) is 5.61. The minimum absolute atomic E-state index is 0.0931. The molecule has 0 unspecified atom stereocenters. The predicted molar refractivity (Wildman–Crippen MR) is 134 cm³/mol. The van der Waals surface area contributed by atoms with Crippen LogP contribution in [0.15, 0.2) is 60.7 Å². The number of anilines is 2. The highest BCUT2D eigenvalue weighted by molar-refractivity contribution is 6.05. The summed E-state index contributed by atoms with van der Waals surface area (Å²) < 4.78 is 83.6. The zero-order valence-electron chi connectivity index (χ0n) is 21.0. The minimum atomic E-state index is -5.01. The van der Waals surface area contributed by atoms with Crippen molar-refractivity contribution in [3.05, 3.63) is 82.9 Å². The van der Waals surface area contributed by atoms with Crippen LogP contribution in [0.1, 0.15) is 59.5 Å². The van der Waals surface area contributed by atoms with Gasteiger partial charge in [-0.3, -0.25) is 9.59 Å². The maximum Gasteiger partial charge on any atom is 0.417 e. The first-order valence-corrected chi connectivity index (χ1v) is 11.7. The molecule has 0 aromatic heterocycles. The minimum Gasteiger partial charge on any atom is -0.383 e. The van der Waals surface area contributed by atoms with E-state index >= 15 is 0 Å². The normalized spacial score (nSPS) is 12.1. The Balaban J connectivity index is 1.99. The van der Waals surface area contributed by atoms with E-state index in [1.54, 1.807) is 27.7 Å². The summed E-state index contributed by atoms with van der Waals surface area (Å²) in [5, 5.41) is 5.15. The first-order valence-electron chi connectivity index (χ1n) is 11.7. The van der Waals surface area contributed by atoms with Crippen molar-refractivity contribution in [3.63, 3.8) is 0 Å². The van der Waals surface area contributed by atoms with Crippen molar-refractivity contribution in [2.24, 2.45) is 5.92 Å². The molecule has 4 nitrogen and oxygen atoms in total. The van der Waals surface area contributed by atoms with Crippen LogP contribution in [0.4, 0.5) is 37.7 Å². The van der Waals surface area contributed by atoms with E-state index in [2.05, 4.69) is 10.6 Å².